The number of aliphatic carboxylic acids is 1. The molecular formula is C26H47NO4. The van der Waals surface area contributed by atoms with Crippen molar-refractivity contribution in [2.24, 2.45) is 0 Å². The van der Waals surface area contributed by atoms with Crippen LogP contribution < -0.4 is 0 Å². The van der Waals surface area contributed by atoms with Crippen LogP contribution in [0.5, 0.6) is 0 Å². The van der Waals surface area contributed by atoms with Crippen molar-refractivity contribution in [3.63, 3.8) is 0 Å². The normalized spacial score (nSPS) is 11.6. The molecule has 0 saturated heterocycles. The molecule has 0 rings (SSSR count). The molecule has 31 heavy (non-hydrogen) atoms. The monoisotopic (exact) mass is 437 g/mol. The van der Waals surface area contributed by atoms with Gasteiger partial charge in [0, 0.05) is 0 Å². The molecule has 0 aromatic heterocycles. The lowest BCUT2D eigenvalue weighted by Gasteiger charge is -2.19. The van der Waals surface area contributed by atoms with E-state index in [-0.39, 0.29) is 25.7 Å². The molecule has 0 aliphatic heterocycles. The van der Waals surface area contributed by atoms with Gasteiger partial charge in [-0.15, -0.1) is 0 Å². The first-order valence-corrected chi connectivity index (χ1v) is 12.2. The van der Waals surface area contributed by atoms with Crippen molar-refractivity contribution in [2.75, 3.05) is 26.2 Å². The van der Waals surface area contributed by atoms with Crippen LogP contribution in [0.25, 0.3) is 0 Å². The summed E-state index contributed by atoms with van der Waals surface area (Å²) in [7, 11) is 0. The Balaban J connectivity index is 4.03. The lowest BCUT2D eigenvalue weighted by Crippen LogP contribution is -2.36. The number of carbonyl (C=O) groups excluding carboxylic acids is 1. The molecule has 180 valence electrons. The average molecular weight is 438 g/mol. The molecule has 0 aliphatic carbocycles. The highest BCUT2D eigenvalue weighted by Gasteiger charge is 2.14. The second-order valence-corrected chi connectivity index (χ2v) is 8.84. The average Bonchev–Trinajstić information content (AvgIpc) is 2.68. The smallest absolute Gasteiger partial charge is 0.320 e. The molecule has 0 aromatic rings. The molecular weight excluding hydrogens is 390 g/mol. The predicted octanol–water partition coefficient (Wildman–Crippen LogP) is 6.53. The molecule has 0 saturated carbocycles. The molecule has 0 aromatic carbocycles. The minimum absolute atomic E-state index is 0.0361. The molecule has 5 nitrogen and oxygen atoms in total. The van der Waals surface area contributed by atoms with Crippen LogP contribution in [0.15, 0.2) is 23.3 Å². The maximum absolute atomic E-state index is 12.1. The van der Waals surface area contributed by atoms with Crippen molar-refractivity contribution in [1.29, 1.82) is 0 Å². The summed E-state index contributed by atoms with van der Waals surface area (Å²) in [4.78, 5) is 24.9. The molecule has 0 unspecified atom stereocenters. The Morgan fingerprint density at radius 2 is 1.42 bits per heavy atom. The van der Waals surface area contributed by atoms with E-state index in [2.05, 4.69) is 26.8 Å². The quantitative estimate of drug-likeness (QED) is 0.133. The van der Waals surface area contributed by atoms with Gasteiger partial charge in [-0.2, -0.15) is 0 Å². The van der Waals surface area contributed by atoms with E-state index in [1.807, 2.05) is 13.0 Å². The summed E-state index contributed by atoms with van der Waals surface area (Å²) in [5.74, 6) is -1.27. The van der Waals surface area contributed by atoms with Gasteiger partial charge in [0.15, 0.2) is 0 Å². The zero-order chi connectivity index (χ0) is 23.3. The highest BCUT2D eigenvalue weighted by molar-refractivity contribution is 5.74. The maximum Gasteiger partial charge on any atom is 0.320 e. The molecule has 0 spiro atoms. The van der Waals surface area contributed by atoms with E-state index in [1.54, 1.807) is 4.90 Å². The van der Waals surface area contributed by atoms with E-state index in [9.17, 15) is 9.59 Å². The van der Waals surface area contributed by atoms with Crippen LogP contribution in [0.1, 0.15) is 105 Å². The van der Waals surface area contributed by atoms with Crippen molar-refractivity contribution in [2.45, 2.75) is 105 Å². The lowest BCUT2D eigenvalue weighted by atomic mass is 10.1. The van der Waals surface area contributed by atoms with Gasteiger partial charge in [-0.3, -0.25) is 14.5 Å². The first kappa shape index (κ1) is 29.4. The Morgan fingerprint density at radius 1 is 0.839 bits per heavy atom. The molecule has 0 amide bonds. The molecule has 5 heteroatoms. The van der Waals surface area contributed by atoms with Crippen molar-refractivity contribution in [1.82, 2.24) is 4.90 Å². The van der Waals surface area contributed by atoms with Crippen molar-refractivity contribution < 1.29 is 19.4 Å². The minimum Gasteiger partial charge on any atom is -0.480 e. The predicted molar refractivity (Wildman–Crippen MR) is 129 cm³/mol. The van der Waals surface area contributed by atoms with Gasteiger partial charge in [0.2, 0.25) is 0 Å². The third-order valence-electron chi connectivity index (χ3n) is 5.31. The van der Waals surface area contributed by atoms with Gasteiger partial charge >= 0.3 is 11.9 Å². The zero-order valence-corrected chi connectivity index (χ0v) is 20.6. The standard InChI is InChI=1S/C26H47NO4/c1-5-6-7-8-9-10-11-12-13-14-19-27(21-25(28)29)22-26(30)31-20-18-24(4)17-15-16-23(2)3/h16,18H,5-15,17,19-22H2,1-4H3,(H,28,29)/b24-18+. The lowest BCUT2D eigenvalue weighted by molar-refractivity contribution is -0.145. The van der Waals surface area contributed by atoms with Gasteiger partial charge in [-0.25, -0.2) is 0 Å². The van der Waals surface area contributed by atoms with E-state index in [0.717, 1.165) is 25.7 Å². The Morgan fingerprint density at radius 3 is 1.97 bits per heavy atom. The second kappa shape index (κ2) is 20.3. The summed E-state index contributed by atoms with van der Waals surface area (Å²) in [6.45, 7) is 9.22. The first-order chi connectivity index (χ1) is 14.8. The summed E-state index contributed by atoms with van der Waals surface area (Å²) in [5, 5.41) is 9.12. The summed E-state index contributed by atoms with van der Waals surface area (Å²) in [5.41, 5.74) is 2.50. The number of unbranched alkanes of at least 4 members (excludes halogenated alkanes) is 9. The number of carboxylic acid groups (broad SMARTS) is 1. The van der Waals surface area contributed by atoms with Crippen LogP contribution in [0.4, 0.5) is 0 Å². The third kappa shape index (κ3) is 21.4. The van der Waals surface area contributed by atoms with Crippen LogP contribution in [0.3, 0.4) is 0 Å². The van der Waals surface area contributed by atoms with E-state index in [0.29, 0.717) is 6.54 Å². The number of allylic oxidation sites excluding steroid dienone is 3. The van der Waals surface area contributed by atoms with E-state index >= 15 is 0 Å². The van der Waals surface area contributed by atoms with E-state index in [1.165, 1.54) is 62.5 Å². The van der Waals surface area contributed by atoms with Gasteiger partial charge in [0.05, 0.1) is 13.1 Å². The van der Waals surface area contributed by atoms with Gasteiger partial charge in [-0.1, -0.05) is 81.9 Å². The van der Waals surface area contributed by atoms with E-state index < -0.39 is 5.97 Å². The molecule has 1 N–H and O–H groups in total. The first-order valence-electron chi connectivity index (χ1n) is 12.2. The topological polar surface area (TPSA) is 66.8 Å². The van der Waals surface area contributed by atoms with Crippen LogP contribution in [-0.4, -0.2) is 48.2 Å². The number of hydrogen-bond donors (Lipinski definition) is 1. The van der Waals surface area contributed by atoms with E-state index in [4.69, 9.17) is 9.84 Å². The number of nitrogens with zero attached hydrogens (tertiary/aromatic N) is 1. The maximum atomic E-state index is 12.1. The number of esters is 1. The summed E-state index contributed by atoms with van der Waals surface area (Å²) in [6, 6.07) is 0. The summed E-state index contributed by atoms with van der Waals surface area (Å²) >= 11 is 0. The Labute approximate surface area is 190 Å². The largest absolute Gasteiger partial charge is 0.480 e. The molecule has 0 atom stereocenters. The molecule has 0 heterocycles. The van der Waals surface area contributed by atoms with Crippen LogP contribution in [-0.2, 0) is 14.3 Å². The number of ether oxygens (including phenoxy) is 1. The van der Waals surface area contributed by atoms with Crippen molar-refractivity contribution in [3.8, 4) is 0 Å². The Kier molecular flexibility index (Phi) is 19.2. The van der Waals surface area contributed by atoms with Crippen molar-refractivity contribution >= 4 is 11.9 Å². The van der Waals surface area contributed by atoms with Gasteiger partial charge in [0.1, 0.15) is 6.61 Å². The van der Waals surface area contributed by atoms with Gasteiger partial charge in [0.25, 0.3) is 0 Å². The molecule has 0 fully saturated rings. The number of carboxylic acids is 1. The third-order valence-corrected chi connectivity index (χ3v) is 5.31. The number of hydrogen-bond acceptors (Lipinski definition) is 4. The number of rotatable bonds is 20. The fraction of sp³-hybridized carbons (Fsp3) is 0.769. The van der Waals surface area contributed by atoms with Gasteiger partial charge < -0.3 is 9.84 Å². The highest BCUT2D eigenvalue weighted by atomic mass is 16.5. The SMILES string of the molecule is CCCCCCCCCCCCN(CC(=O)O)CC(=O)OC/C=C(\C)CCC=C(C)C. The Bertz CT molecular complexity index is 536. The van der Waals surface area contributed by atoms with Crippen LogP contribution >= 0.6 is 0 Å². The highest BCUT2D eigenvalue weighted by Crippen LogP contribution is 2.11. The zero-order valence-electron chi connectivity index (χ0n) is 20.6. The molecule has 0 bridgehead atoms. The minimum atomic E-state index is -0.908. The van der Waals surface area contributed by atoms with Crippen LogP contribution in [0, 0.1) is 0 Å². The van der Waals surface area contributed by atoms with Crippen molar-refractivity contribution in [3.05, 3.63) is 23.3 Å². The van der Waals surface area contributed by atoms with Crippen LogP contribution in [0.2, 0.25) is 0 Å². The number of carbonyl (C=O) groups is 2. The summed E-state index contributed by atoms with van der Waals surface area (Å²) in [6.07, 6.45) is 18.4. The van der Waals surface area contributed by atoms with Gasteiger partial charge in [-0.05, 0) is 52.7 Å². The molecule has 0 radical (unpaired) electrons. The summed E-state index contributed by atoms with van der Waals surface area (Å²) < 4.78 is 5.29. The fourth-order valence-electron chi connectivity index (χ4n) is 3.42. The Hall–Kier alpha value is -1.62. The fourth-order valence-corrected chi connectivity index (χ4v) is 3.42. The second-order valence-electron chi connectivity index (χ2n) is 8.84. The molecule has 0 aliphatic rings.